The summed E-state index contributed by atoms with van der Waals surface area (Å²) in [6.45, 7) is 1.07. The molecule has 3 rings (SSSR count). The van der Waals surface area contributed by atoms with Crippen molar-refractivity contribution in [2.75, 3.05) is 0 Å². The van der Waals surface area contributed by atoms with Crippen LogP contribution >= 0.6 is 0 Å². The first-order chi connectivity index (χ1) is 9.43. The van der Waals surface area contributed by atoms with Crippen molar-refractivity contribution in [1.29, 1.82) is 0 Å². The van der Waals surface area contributed by atoms with Gasteiger partial charge in [-0.15, -0.1) is 11.5 Å². The molecule has 0 amide bonds. The predicted molar refractivity (Wildman–Crippen MR) is 78.6 cm³/mol. The molecule has 1 aromatic rings. The van der Waals surface area contributed by atoms with E-state index in [1.807, 2.05) is 12.2 Å². The van der Waals surface area contributed by atoms with Crippen LogP contribution in [0.25, 0.3) is 0 Å². The van der Waals surface area contributed by atoms with E-state index in [-0.39, 0.29) is 0 Å². The van der Waals surface area contributed by atoms with Crippen molar-refractivity contribution in [2.45, 2.75) is 19.4 Å². The van der Waals surface area contributed by atoms with Crippen LogP contribution in [0, 0.1) is 5.92 Å². The topological polar surface area (TPSA) is 4.93 Å². The summed E-state index contributed by atoms with van der Waals surface area (Å²) in [6.07, 6.45) is 19.0. The molecular weight excluding hydrogens is 230 g/mol. The molecule has 0 N–H and O–H groups in total. The molecule has 1 heterocycles. The Kier molecular flexibility index (Phi) is 3.51. The summed E-state index contributed by atoms with van der Waals surface area (Å²) in [4.78, 5) is 0. The van der Waals surface area contributed by atoms with Crippen LogP contribution in [0.2, 0.25) is 0 Å². The first-order valence-electron chi connectivity index (χ1n) is 6.81. The van der Waals surface area contributed by atoms with Gasteiger partial charge >= 0.3 is 0 Å². The molecule has 1 heteroatoms. The quantitative estimate of drug-likeness (QED) is 0.664. The minimum Gasteiger partial charge on any atom is -0.354 e. The van der Waals surface area contributed by atoms with Gasteiger partial charge in [0.2, 0.25) is 0 Å². The van der Waals surface area contributed by atoms with Gasteiger partial charge < -0.3 is 4.57 Å². The second kappa shape index (κ2) is 5.63. The Bertz CT molecular complexity index is 587. The minimum absolute atomic E-state index is 0.431. The number of rotatable bonds is 6. The highest BCUT2D eigenvalue weighted by Crippen LogP contribution is 2.29. The van der Waals surface area contributed by atoms with E-state index in [9.17, 15) is 0 Å². The monoisotopic (exact) mass is 247 g/mol. The van der Waals surface area contributed by atoms with Crippen LogP contribution < -0.4 is 0 Å². The standard InChI is InChI=1S/C18H17N/c1-2-9-16(8-1)18(17-10-3-4-11-17)12-7-15-19-13-5-6-14-19/h1-6,8,10,13-14,18H,7,12,15H2. The van der Waals surface area contributed by atoms with Gasteiger partial charge in [-0.2, -0.15) is 0 Å². The zero-order valence-corrected chi connectivity index (χ0v) is 10.9. The fourth-order valence-electron chi connectivity index (χ4n) is 2.60. The van der Waals surface area contributed by atoms with Gasteiger partial charge in [0.25, 0.3) is 0 Å². The predicted octanol–water partition coefficient (Wildman–Crippen LogP) is 4.19. The molecule has 0 spiro atoms. The Balaban J connectivity index is 1.66. The molecule has 94 valence electrons. The summed E-state index contributed by atoms with van der Waals surface area (Å²) >= 11 is 0. The van der Waals surface area contributed by atoms with Gasteiger partial charge in [-0.1, -0.05) is 24.3 Å². The van der Waals surface area contributed by atoms with E-state index < -0.39 is 0 Å². The molecule has 0 unspecified atom stereocenters. The summed E-state index contributed by atoms with van der Waals surface area (Å²) in [5.41, 5.74) is 9.26. The smallest absolute Gasteiger partial charge is 0.0237 e. The van der Waals surface area contributed by atoms with Gasteiger partial charge in [-0.25, -0.2) is 0 Å². The Labute approximate surface area is 114 Å². The third-order valence-electron chi connectivity index (χ3n) is 3.57. The molecule has 0 aromatic carbocycles. The van der Waals surface area contributed by atoms with Crippen molar-refractivity contribution in [3.63, 3.8) is 0 Å². The van der Waals surface area contributed by atoms with Crippen molar-refractivity contribution >= 4 is 0 Å². The molecule has 0 aliphatic heterocycles. The van der Waals surface area contributed by atoms with Crippen LogP contribution in [0.3, 0.4) is 0 Å². The first-order valence-corrected chi connectivity index (χ1v) is 6.81. The zero-order valence-electron chi connectivity index (χ0n) is 10.9. The molecule has 0 fully saturated rings. The molecule has 19 heavy (non-hydrogen) atoms. The number of hydrogen-bond acceptors (Lipinski definition) is 0. The van der Waals surface area contributed by atoms with Gasteiger partial charge in [0.15, 0.2) is 0 Å². The summed E-state index contributed by atoms with van der Waals surface area (Å²) in [5, 5.41) is 0. The van der Waals surface area contributed by atoms with Crippen molar-refractivity contribution in [3.05, 3.63) is 83.6 Å². The normalized spacial score (nSPS) is 15.6. The van der Waals surface area contributed by atoms with Gasteiger partial charge in [0.05, 0.1) is 0 Å². The van der Waals surface area contributed by atoms with Crippen LogP contribution in [0.5, 0.6) is 0 Å². The number of nitrogens with zero attached hydrogens (tertiary/aromatic N) is 1. The highest BCUT2D eigenvalue weighted by Gasteiger charge is 2.17. The van der Waals surface area contributed by atoms with Crippen LogP contribution in [-0.2, 0) is 6.54 Å². The van der Waals surface area contributed by atoms with Gasteiger partial charge in [-0.05, 0) is 37.1 Å². The largest absolute Gasteiger partial charge is 0.354 e. The highest BCUT2D eigenvalue weighted by atomic mass is 14.9. The van der Waals surface area contributed by atoms with Crippen LogP contribution in [0.4, 0.5) is 0 Å². The molecule has 0 atom stereocenters. The van der Waals surface area contributed by atoms with E-state index >= 15 is 0 Å². The Morgan fingerprint density at radius 1 is 0.947 bits per heavy atom. The second-order valence-electron chi connectivity index (χ2n) is 4.87. The average molecular weight is 247 g/mol. The molecule has 2 aliphatic rings. The molecule has 1 nitrogen and oxygen atoms in total. The Morgan fingerprint density at radius 3 is 2.11 bits per heavy atom. The average Bonchev–Trinajstić information content (AvgIpc) is 3.15. The van der Waals surface area contributed by atoms with Crippen molar-refractivity contribution in [2.24, 2.45) is 5.92 Å². The van der Waals surface area contributed by atoms with Crippen molar-refractivity contribution in [3.8, 4) is 0 Å². The van der Waals surface area contributed by atoms with Crippen molar-refractivity contribution < 1.29 is 0 Å². The van der Waals surface area contributed by atoms with Crippen molar-refractivity contribution in [1.82, 2.24) is 4.57 Å². The number of aromatic nitrogens is 1. The molecule has 0 bridgehead atoms. The third kappa shape index (κ3) is 2.80. The lowest BCUT2D eigenvalue weighted by atomic mass is 9.88. The molecular formula is C18H17N. The SMILES string of the molecule is C1=CC=CC=1C(CCCn1cccc1)C1=C=CC=C1. The van der Waals surface area contributed by atoms with E-state index in [4.69, 9.17) is 0 Å². The summed E-state index contributed by atoms with van der Waals surface area (Å²) in [6, 6.07) is 4.15. The van der Waals surface area contributed by atoms with Crippen LogP contribution in [0.15, 0.2) is 83.6 Å². The van der Waals surface area contributed by atoms with E-state index in [1.165, 1.54) is 11.1 Å². The molecule has 2 aliphatic carbocycles. The van der Waals surface area contributed by atoms with E-state index in [1.54, 1.807) is 0 Å². The van der Waals surface area contributed by atoms with Gasteiger partial charge in [0, 0.05) is 36.0 Å². The molecule has 0 radical (unpaired) electrons. The summed E-state index contributed by atoms with van der Waals surface area (Å²) in [7, 11) is 0. The summed E-state index contributed by atoms with van der Waals surface area (Å²) in [5.74, 6) is 0.431. The lowest BCUT2D eigenvalue weighted by Crippen LogP contribution is -2.06. The molecule has 0 saturated carbocycles. The zero-order chi connectivity index (χ0) is 12.9. The Hall–Kier alpha value is -2.20. The fourth-order valence-corrected chi connectivity index (χ4v) is 2.60. The van der Waals surface area contributed by atoms with Gasteiger partial charge in [0.1, 0.15) is 0 Å². The number of hydrogen-bond donors (Lipinski definition) is 0. The third-order valence-corrected chi connectivity index (χ3v) is 3.57. The van der Waals surface area contributed by atoms with Crippen LogP contribution in [-0.4, -0.2) is 4.57 Å². The minimum atomic E-state index is 0.431. The van der Waals surface area contributed by atoms with Gasteiger partial charge in [-0.3, -0.25) is 0 Å². The fraction of sp³-hybridized carbons (Fsp3) is 0.222. The van der Waals surface area contributed by atoms with E-state index in [0.717, 1.165) is 19.4 Å². The number of allylic oxidation sites excluding steroid dienone is 6. The maximum atomic E-state index is 3.34. The molecule has 0 saturated heterocycles. The lowest BCUT2D eigenvalue weighted by molar-refractivity contribution is 0.556. The Morgan fingerprint density at radius 2 is 1.58 bits per heavy atom. The van der Waals surface area contributed by atoms with E-state index in [2.05, 4.69) is 64.9 Å². The summed E-state index contributed by atoms with van der Waals surface area (Å²) < 4.78 is 2.24. The van der Waals surface area contributed by atoms with E-state index in [0.29, 0.717) is 5.92 Å². The first kappa shape index (κ1) is 11.9. The maximum absolute atomic E-state index is 3.34. The number of aryl methyl sites for hydroxylation is 1. The lowest BCUT2D eigenvalue weighted by Gasteiger charge is -2.16. The molecule has 1 aromatic heterocycles. The maximum Gasteiger partial charge on any atom is 0.0237 e. The second-order valence-corrected chi connectivity index (χ2v) is 4.87. The van der Waals surface area contributed by atoms with Crippen LogP contribution in [0.1, 0.15) is 12.8 Å². The highest BCUT2D eigenvalue weighted by molar-refractivity contribution is 5.42.